The summed E-state index contributed by atoms with van der Waals surface area (Å²) in [5, 5.41) is 25.8. The fourth-order valence-corrected chi connectivity index (χ4v) is 0.913. The van der Waals surface area contributed by atoms with Gasteiger partial charge >= 0.3 is 0 Å². The molecule has 0 radical (unpaired) electrons. The third-order valence-corrected chi connectivity index (χ3v) is 1.55. The lowest BCUT2D eigenvalue weighted by Gasteiger charge is -1.95. The lowest BCUT2D eigenvalue weighted by molar-refractivity contribution is -0.384. The maximum atomic E-state index is 10.2. The highest BCUT2D eigenvalue weighted by Crippen LogP contribution is 2.11. The van der Waals surface area contributed by atoms with E-state index in [4.69, 9.17) is 10.2 Å². The number of nitro benzene ring substituents is 1. The molecule has 0 amide bonds. The summed E-state index contributed by atoms with van der Waals surface area (Å²) in [6, 6.07) is 6.17. The van der Waals surface area contributed by atoms with Crippen LogP contribution in [0.15, 0.2) is 24.3 Å². The van der Waals surface area contributed by atoms with Crippen LogP contribution in [0.5, 0.6) is 0 Å². The van der Waals surface area contributed by atoms with Gasteiger partial charge in [0.25, 0.3) is 5.69 Å². The van der Waals surface area contributed by atoms with Gasteiger partial charge in [0.05, 0.1) is 4.92 Å². The predicted molar refractivity (Wildman–Crippen MR) is 52.0 cm³/mol. The van der Waals surface area contributed by atoms with Gasteiger partial charge < -0.3 is 10.2 Å². The molecule has 0 saturated carbocycles. The second-order valence-electron chi connectivity index (χ2n) is 2.40. The van der Waals surface area contributed by atoms with E-state index < -0.39 is 4.92 Å². The molecule has 0 fully saturated rings. The van der Waals surface area contributed by atoms with Crippen LogP contribution < -0.4 is 0 Å². The SMILES string of the molecule is CO.O=[N+]([O-])c1ccc(CCO)cc1. The molecule has 0 aliphatic heterocycles. The molecule has 0 bridgehead atoms. The minimum atomic E-state index is -0.442. The van der Waals surface area contributed by atoms with Gasteiger partial charge in [0.1, 0.15) is 0 Å². The molecule has 0 saturated heterocycles. The first-order valence-corrected chi connectivity index (χ1v) is 4.03. The van der Waals surface area contributed by atoms with Crippen LogP contribution in [0.2, 0.25) is 0 Å². The molecule has 14 heavy (non-hydrogen) atoms. The van der Waals surface area contributed by atoms with Gasteiger partial charge in [0, 0.05) is 25.8 Å². The van der Waals surface area contributed by atoms with E-state index in [-0.39, 0.29) is 12.3 Å². The second-order valence-corrected chi connectivity index (χ2v) is 2.40. The Morgan fingerprint density at radius 1 is 1.29 bits per heavy atom. The molecule has 0 aliphatic rings. The number of nitrogens with zero attached hydrogens (tertiary/aromatic N) is 1. The average molecular weight is 199 g/mol. The number of rotatable bonds is 3. The first-order valence-electron chi connectivity index (χ1n) is 4.03. The van der Waals surface area contributed by atoms with Crippen molar-refractivity contribution in [2.75, 3.05) is 13.7 Å². The van der Waals surface area contributed by atoms with Gasteiger partial charge in [-0.15, -0.1) is 0 Å². The molecular formula is C9H13NO4. The van der Waals surface area contributed by atoms with Crippen molar-refractivity contribution >= 4 is 5.69 Å². The number of benzene rings is 1. The van der Waals surface area contributed by atoms with Crippen LogP contribution in [-0.4, -0.2) is 28.9 Å². The first kappa shape index (κ1) is 12.5. The molecule has 5 heteroatoms. The molecule has 1 aromatic carbocycles. The number of aliphatic hydroxyl groups is 2. The van der Waals surface area contributed by atoms with Crippen LogP contribution in [0.3, 0.4) is 0 Å². The van der Waals surface area contributed by atoms with Crippen LogP contribution in [0.1, 0.15) is 5.56 Å². The van der Waals surface area contributed by atoms with E-state index in [0.29, 0.717) is 6.42 Å². The molecule has 0 aliphatic carbocycles. The summed E-state index contributed by atoms with van der Waals surface area (Å²) < 4.78 is 0. The average Bonchev–Trinajstić information content (AvgIpc) is 2.22. The summed E-state index contributed by atoms with van der Waals surface area (Å²) in [4.78, 5) is 9.78. The summed E-state index contributed by atoms with van der Waals surface area (Å²) in [5.74, 6) is 0. The Hall–Kier alpha value is -1.46. The molecule has 5 nitrogen and oxygen atoms in total. The standard InChI is InChI=1S/C8H9NO3.CH4O/c10-6-5-7-1-3-8(4-2-7)9(11)12;1-2/h1-4,10H,5-6H2;2H,1H3. The van der Waals surface area contributed by atoms with Crippen molar-refractivity contribution in [3.05, 3.63) is 39.9 Å². The van der Waals surface area contributed by atoms with Crippen molar-refractivity contribution in [2.24, 2.45) is 0 Å². The number of aliphatic hydroxyl groups excluding tert-OH is 2. The highest BCUT2D eigenvalue weighted by Gasteiger charge is 2.02. The van der Waals surface area contributed by atoms with E-state index in [0.717, 1.165) is 12.7 Å². The molecule has 0 aromatic heterocycles. The predicted octanol–water partition coefficient (Wildman–Crippen LogP) is 0.738. The minimum absolute atomic E-state index is 0.0673. The maximum Gasteiger partial charge on any atom is 0.269 e. The third-order valence-electron chi connectivity index (χ3n) is 1.55. The Morgan fingerprint density at radius 2 is 1.79 bits per heavy atom. The largest absolute Gasteiger partial charge is 0.400 e. The van der Waals surface area contributed by atoms with Crippen molar-refractivity contribution in [1.29, 1.82) is 0 Å². The summed E-state index contributed by atoms with van der Waals surface area (Å²) in [5.41, 5.74) is 0.986. The number of hydrogen-bond acceptors (Lipinski definition) is 4. The number of non-ortho nitro benzene ring substituents is 1. The molecule has 0 spiro atoms. The smallest absolute Gasteiger partial charge is 0.269 e. The highest BCUT2D eigenvalue weighted by molar-refractivity contribution is 5.32. The molecular weight excluding hydrogens is 186 g/mol. The van der Waals surface area contributed by atoms with E-state index in [1.54, 1.807) is 12.1 Å². The molecule has 0 atom stereocenters. The van der Waals surface area contributed by atoms with Crippen LogP contribution in [0.4, 0.5) is 5.69 Å². The van der Waals surface area contributed by atoms with E-state index in [1.807, 2.05) is 0 Å². The van der Waals surface area contributed by atoms with Crippen molar-refractivity contribution < 1.29 is 15.1 Å². The Bertz CT molecular complexity index is 271. The molecule has 0 heterocycles. The fraction of sp³-hybridized carbons (Fsp3) is 0.333. The molecule has 78 valence electrons. The van der Waals surface area contributed by atoms with E-state index in [2.05, 4.69) is 0 Å². The molecule has 1 rings (SSSR count). The van der Waals surface area contributed by atoms with Crippen LogP contribution in [0.25, 0.3) is 0 Å². The number of hydrogen-bond donors (Lipinski definition) is 2. The van der Waals surface area contributed by atoms with Crippen molar-refractivity contribution in [3.8, 4) is 0 Å². The zero-order valence-electron chi connectivity index (χ0n) is 7.88. The molecule has 2 N–H and O–H groups in total. The summed E-state index contributed by atoms with van der Waals surface area (Å²) in [6.07, 6.45) is 0.540. The van der Waals surface area contributed by atoms with Gasteiger partial charge in [-0.2, -0.15) is 0 Å². The van der Waals surface area contributed by atoms with Gasteiger partial charge in [0.2, 0.25) is 0 Å². The Labute approximate surface area is 81.8 Å². The van der Waals surface area contributed by atoms with Gasteiger partial charge in [-0.05, 0) is 12.0 Å². The second kappa shape index (κ2) is 6.99. The fourth-order valence-electron chi connectivity index (χ4n) is 0.913. The molecule has 0 unspecified atom stereocenters. The van der Waals surface area contributed by atoms with Gasteiger partial charge in [-0.3, -0.25) is 10.1 Å². The van der Waals surface area contributed by atoms with Gasteiger partial charge in [-0.1, -0.05) is 12.1 Å². The van der Waals surface area contributed by atoms with Crippen molar-refractivity contribution in [3.63, 3.8) is 0 Å². The summed E-state index contributed by atoms with van der Waals surface area (Å²) in [6.45, 7) is 0.0673. The highest BCUT2D eigenvalue weighted by atomic mass is 16.6. The van der Waals surface area contributed by atoms with Gasteiger partial charge in [0.15, 0.2) is 0 Å². The quantitative estimate of drug-likeness (QED) is 0.555. The minimum Gasteiger partial charge on any atom is -0.400 e. The zero-order chi connectivity index (χ0) is 11.0. The Balaban J connectivity index is 0.000000791. The zero-order valence-corrected chi connectivity index (χ0v) is 7.88. The third kappa shape index (κ3) is 3.97. The van der Waals surface area contributed by atoms with Crippen molar-refractivity contribution in [1.82, 2.24) is 0 Å². The van der Waals surface area contributed by atoms with Crippen LogP contribution >= 0.6 is 0 Å². The first-order chi connectivity index (χ1) is 6.74. The lowest BCUT2D eigenvalue weighted by Crippen LogP contribution is -1.91. The van der Waals surface area contributed by atoms with Crippen LogP contribution in [0, 0.1) is 10.1 Å². The van der Waals surface area contributed by atoms with Gasteiger partial charge in [-0.25, -0.2) is 0 Å². The normalized spacial score (nSPS) is 8.79. The lowest BCUT2D eigenvalue weighted by atomic mass is 10.1. The van der Waals surface area contributed by atoms with Crippen LogP contribution in [-0.2, 0) is 6.42 Å². The number of nitro groups is 1. The van der Waals surface area contributed by atoms with E-state index in [1.165, 1.54) is 12.1 Å². The Kier molecular flexibility index (Phi) is 6.26. The van der Waals surface area contributed by atoms with E-state index in [9.17, 15) is 10.1 Å². The molecule has 1 aromatic rings. The maximum absolute atomic E-state index is 10.2. The Morgan fingerprint density at radius 3 is 2.14 bits per heavy atom. The van der Waals surface area contributed by atoms with Crippen molar-refractivity contribution in [2.45, 2.75) is 6.42 Å². The van der Waals surface area contributed by atoms with E-state index >= 15 is 0 Å². The monoisotopic (exact) mass is 199 g/mol. The summed E-state index contributed by atoms with van der Waals surface area (Å²) in [7, 11) is 1.00. The topological polar surface area (TPSA) is 83.6 Å². The summed E-state index contributed by atoms with van der Waals surface area (Å²) >= 11 is 0.